The summed E-state index contributed by atoms with van der Waals surface area (Å²) in [5, 5.41) is 0. The Hall–Kier alpha value is -2.11. The Balaban J connectivity index is 1.85. The number of aromatic nitrogens is 2. The minimum Gasteiger partial charge on any atom is -0.406 e. The first kappa shape index (κ1) is 19.2. The van der Waals surface area contributed by atoms with E-state index in [1.807, 2.05) is 0 Å². The SMILES string of the molecule is CCCCCCCCc1cnc(-c2ccc(OC(F)(F)F)cc2)nc1. The van der Waals surface area contributed by atoms with E-state index >= 15 is 0 Å². The van der Waals surface area contributed by atoms with Crippen molar-refractivity contribution in [2.45, 2.75) is 58.2 Å². The minimum atomic E-state index is -4.68. The standard InChI is InChI=1S/C19H23F3N2O/c1-2-3-4-5-6-7-8-15-13-23-18(24-14-15)16-9-11-17(12-10-16)25-19(20,21)22/h9-14H,2-8H2,1H3. The lowest BCUT2D eigenvalue weighted by Gasteiger charge is -2.09. The molecule has 0 aliphatic heterocycles. The molecule has 25 heavy (non-hydrogen) atoms. The molecule has 0 aliphatic carbocycles. The van der Waals surface area contributed by atoms with Crippen molar-refractivity contribution in [3.63, 3.8) is 0 Å². The van der Waals surface area contributed by atoms with Crippen molar-refractivity contribution < 1.29 is 17.9 Å². The third-order valence-electron chi connectivity index (χ3n) is 3.87. The molecule has 1 aromatic heterocycles. The first-order valence-corrected chi connectivity index (χ1v) is 8.65. The van der Waals surface area contributed by atoms with Crippen molar-refractivity contribution in [1.29, 1.82) is 0 Å². The van der Waals surface area contributed by atoms with Crippen LogP contribution in [-0.2, 0) is 6.42 Å². The van der Waals surface area contributed by atoms with E-state index in [-0.39, 0.29) is 5.75 Å². The predicted octanol–water partition coefficient (Wildman–Crippen LogP) is 5.95. The average Bonchev–Trinajstić information content (AvgIpc) is 2.58. The molecular weight excluding hydrogens is 329 g/mol. The fourth-order valence-electron chi connectivity index (χ4n) is 2.55. The summed E-state index contributed by atoms with van der Waals surface area (Å²) in [5.74, 6) is 0.237. The topological polar surface area (TPSA) is 35.0 Å². The van der Waals surface area contributed by atoms with Gasteiger partial charge in [0.15, 0.2) is 5.82 Å². The third-order valence-corrected chi connectivity index (χ3v) is 3.87. The van der Waals surface area contributed by atoms with Crippen molar-refractivity contribution in [3.05, 3.63) is 42.2 Å². The quantitative estimate of drug-likeness (QED) is 0.523. The second-order valence-electron chi connectivity index (χ2n) is 6.00. The van der Waals surface area contributed by atoms with Crippen molar-refractivity contribution in [3.8, 4) is 17.1 Å². The first-order chi connectivity index (χ1) is 12.0. The molecule has 0 saturated carbocycles. The van der Waals surface area contributed by atoms with Gasteiger partial charge in [0.2, 0.25) is 0 Å². The van der Waals surface area contributed by atoms with Crippen LogP contribution >= 0.6 is 0 Å². The van der Waals surface area contributed by atoms with Gasteiger partial charge in [-0.3, -0.25) is 0 Å². The number of rotatable bonds is 9. The largest absolute Gasteiger partial charge is 0.573 e. The molecule has 6 heteroatoms. The molecule has 0 N–H and O–H groups in total. The Labute approximate surface area is 146 Å². The van der Waals surface area contributed by atoms with Crippen LogP contribution in [0, 0.1) is 0 Å². The number of benzene rings is 1. The van der Waals surface area contributed by atoms with Crippen molar-refractivity contribution in [1.82, 2.24) is 9.97 Å². The molecule has 1 heterocycles. The van der Waals surface area contributed by atoms with Gasteiger partial charge in [0.1, 0.15) is 5.75 Å². The average molecular weight is 352 g/mol. The summed E-state index contributed by atoms with van der Waals surface area (Å²) in [7, 11) is 0. The fraction of sp³-hybridized carbons (Fsp3) is 0.474. The van der Waals surface area contributed by atoms with Gasteiger partial charge in [-0.1, -0.05) is 39.0 Å². The number of halogens is 3. The number of alkyl halides is 3. The number of nitrogens with zero attached hydrogens (tertiary/aromatic N) is 2. The van der Waals surface area contributed by atoms with Gasteiger partial charge in [-0.25, -0.2) is 9.97 Å². The molecular formula is C19H23F3N2O. The normalized spacial score (nSPS) is 11.5. The lowest BCUT2D eigenvalue weighted by Crippen LogP contribution is -2.16. The molecule has 0 aliphatic rings. The molecule has 2 aromatic rings. The molecule has 136 valence electrons. The smallest absolute Gasteiger partial charge is 0.406 e. The Morgan fingerprint density at radius 2 is 1.48 bits per heavy atom. The van der Waals surface area contributed by atoms with E-state index in [0.717, 1.165) is 18.4 Å². The molecule has 2 rings (SSSR count). The fourth-order valence-corrected chi connectivity index (χ4v) is 2.55. The van der Waals surface area contributed by atoms with E-state index in [2.05, 4.69) is 21.6 Å². The van der Waals surface area contributed by atoms with Gasteiger partial charge in [-0.2, -0.15) is 0 Å². The zero-order chi connectivity index (χ0) is 18.1. The van der Waals surface area contributed by atoms with Crippen molar-refractivity contribution in [2.75, 3.05) is 0 Å². The number of hydrogen-bond acceptors (Lipinski definition) is 3. The first-order valence-electron chi connectivity index (χ1n) is 8.65. The minimum absolute atomic E-state index is 0.254. The lowest BCUT2D eigenvalue weighted by molar-refractivity contribution is -0.274. The van der Waals surface area contributed by atoms with Crippen LogP contribution in [0.5, 0.6) is 5.75 Å². The Morgan fingerprint density at radius 1 is 0.880 bits per heavy atom. The number of unbranched alkanes of at least 4 members (excludes halogenated alkanes) is 5. The van der Waals surface area contributed by atoms with E-state index in [9.17, 15) is 13.2 Å². The maximum atomic E-state index is 12.2. The van der Waals surface area contributed by atoms with Crippen LogP contribution in [0.1, 0.15) is 51.0 Å². The van der Waals surface area contributed by atoms with Crippen LogP contribution in [0.4, 0.5) is 13.2 Å². The van der Waals surface area contributed by atoms with Gasteiger partial charge in [-0.15, -0.1) is 13.2 Å². The van der Waals surface area contributed by atoms with E-state index in [1.54, 1.807) is 12.4 Å². The van der Waals surface area contributed by atoms with Crippen LogP contribution in [0.25, 0.3) is 11.4 Å². The summed E-state index contributed by atoms with van der Waals surface area (Å²) in [6, 6.07) is 5.56. The van der Waals surface area contributed by atoms with E-state index in [4.69, 9.17) is 0 Å². The number of hydrogen-bond donors (Lipinski definition) is 0. The summed E-state index contributed by atoms with van der Waals surface area (Å²) in [5.41, 5.74) is 1.73. The molecule has 0 atom stereocenters. The highest BCUT2D eigenvalue weighted by molar-refractivity contribution is 5.55. The van der Waals surface area contributed by atoms with Gasteiger partial charge in [0.25, 0.3) is 0 Å². The molecule has 0 fully saturated rings. The Kier molecular flexibility index (Phi) is 7.22. The molecule has 0 spiro atoms. The number of aryl methyl sites for hydroxylation is 1. The van der Waals surface area contributed by atoms with Crippen LogP contribution in [0.3, 0.4) is 0 Å². The highest BCUT2D eigenvalue weighted by atomic mass is 19.4. The lowest BCUT2D eigenvalue weighted by atomic mass is 10.1. The summed E-state index contributed by atoms with van der Waals surface area (Å²) in [6.45, 7) is 2.20. The predicted molar refractivity (Wildman–Crippen MR) is 91.2 cm³/mol. The molecule has 0 radical (unpaired) electrons. The van der Waals surface area contributed by atoms with Gasteiger partial charge in [-0.05, 0) is 42.7 Å². The summed E-state index contributed by atoms with van der Waals surface area (Å²) in [4.78, 5) is 8.61. The van der Waals surface area contributed by atoms with Crippen molar-refractivity contribution >= 4 is 0 Å². The maximum Gasteiger partial charge on any atom is 0.573 e. The van der Waals surface area contributed by atoms with E-state index < -0.39 is 6.36 Å². The van der Waals surface area contributed by atoms with Crippen LogP contribution in [0.15, 0.2) is 36.7 Å². The molecule has 0 amide bonds. The van der Waals surface area contributed by atoms with E-state index in [1.165, 1.54) is 56.4 Å². The second-order valence-corrected chi connectivity index (χ2v) is 6.00. The summed E-state index contributed by atoms with van der Waals surface area (Å²) >= 11 is 0. The maximum absolute atomic E-state index is 12.2. The zero-order valence-electron chi connectivity index (χ0n) is 14.4. The highest BCUT2D eigenvalue weighted by Gasteiger charge is 2.30. The summed E-state index contributed by atoms with van der Waals surface area (Å²) < 4.78 is 40.3. The van der Waals surface area contributed by atoms with Gasteiger partial charge in [0, 0.05) is 18.0 Å². The second kappa shape index (κ2) is 9.39. The van der Waals surface area contributed by atoms with Gasteiger partial charge in [0.05, 0.1) is 0 Å². The molecule has 0 saturated heterocycles. The third kappa shape index (κ3) is 7.11. The molecule has 0 bridgehead atoms. The van der Waals surface area contributed by atoms with Crippen LogP contribution < -0.4 is 4.74 Å². The van der Waals surface area contributed by atoms with Crippen LogP contribution in [-0.4, -0.2) is 16.3 Å². The Bertz CT molecular complexity index is 625. The van der Waals surface area contributed by atoms with Crippen LogP contribution in [0.2, 0.25) is 0 Å². The highest BCUT2D eigenvalue weighted by Crippen LogP contribution is 2.25. The van der Waals surface area contributed by atoms with Crippen molar-refractivity contribution in [2.24, 2.45) is 0 Å². The van der Waals surface area contributed by atoms with E-state index in [0.29, 0.717) is 11.4 Å². The zero-order valence-corrected chi connectivity index (χ0v) is 14.4. The molecule has 0 unspecified atom stereocenters. The number of ether oxygens (including phenoxy) is 1. The summed E-state index contributed by atoms with van der Waals surface area (Å²) in [6.07, 6.45) is 7.27. The molecule has 1 aromatic carbocycles. The van der Waals surface area contributed by atoms with Gasteiger partial charge >= 0.3 is 6.36 Å². The monoisotopic (exact) mass is 352 g/mol. The Morgan fingerprint density at radius 3 is 2.08 bits per heavy atom. The molecule has 3 nitrogen and oxygen atoms in total. The van der Waals surface area contributed by atoms with Gasteiger partial charge < -0.3 is 4.74 Å².